The predicted molar refractivity (Wildman–Crippen MR) is 85.9 cm³/mol. The fourth-order valence-electron chi connectivity index (χ4n) is 2.62. The average Bonchev–Trinajstić information content (AvgIpc) is 2.55. The first kappa shape index (κ1) is 17.6. The van der Waals surface area contributed by atoms with Gasteiger partial charge in [0, 0.05) is 53.3 Å². The van der Waals surface area contributed by atoms with Gasteiger partial charge in [-0.25, -0.2) is 0 Å². The van der Waals surface area contributed by atoms with E-state index in [-0.39, 0.29) is 24.9 Å². The molecule has 23 heavy (non-hydrogen) atoms. The van der Waals surface area contributed by atoms with E-state index in [2.05, 4.69) is 0 Å². The lowest BCUT2D eigenvalue weighted by Gasteiger charge is -2.34. The number of carboxylic acid groups (broad SMARTS) is 1. The molecule has 1 aliphatic rings. The Morgan fingerprint density at radius 1 is 1.26 bits per heavy atom. The number of hydrogen-bond acceptors (Lipinski definition) is 4. The Kier molecular flexibility index (Phi) is 6.29. The van der Waals surface area contributed by atoms with Crippen LogP contribution >= 0.6 is 0 Å². The second-order valence-electron chi connectivity index (χ2n) is 5.46. The highest BCUT2D eigenvalue weighted by molar-refractivity contribution is 7.84. The Bertz CT molecular complexity index is 581. The summed E-state index contributed by atoms with van der Waals surface area (Å²) in [5, 5.41) is 8.91. The second-order valence-corrected chi connectivity index (χ2v) is 6.84. The van der Waals surface area contributed by atoms with Crippen molar-refractivity contribution in [2.75, 3.05) is 26.0 Å². The van der Waals surface area contributed by atoms with Crippen LogP contribution in [0.15, 0.2) is 29.2 Å². The van der Waals surface area contributed by atoms with Gasteiger partial charge in [0.25, 0.3) is 5.91 Å². The quantitative estimate of drug-likeness (QED) is 0.849. The van der Waals surface area contributed by atoms with E-state index >= 15 is 0 Å². The Morgan fingerprint density at radius 2 is 1.87 bits per heavy atom. The zero-order valence-corrected chi connectivity index (χ0v) is 13.9. The fourth-order valence-corrected chi connectivity index (χ4v) is 3.14. The third-order valence-corrected chi connectivity index (χ3v) is 4.83. The summed E-state index contributed by atoms with van der Waals surface area (Å²) in [5.41, 5.74) is 0.482. The second kappa shape index (κ2) is 8.21. The lowest BCUT2D eigenvalue weighted by atomic mass is 10.0. The Labute approximate surface area is 137 Å². The van der Waals surface area contributed by atoms with Gasteiger partial charge >= 0.3 is 5.97 Å². The van der Waals surface area contributed by atoms with E-state index in [1.54, 1.807) is 35.4 Å². The maximum Gasteiger partial charge on any atom is 0.305 e. The lowest BCUT2D eigenvalue weighted by Crippen LogP contribution is -2.44. The standard InChI is InChI=1S/C16H21NO5S/c1-23(21)14-4-2-12(3-5-14)16(20)17(9-6-15(18)19)13-7-10-22-11-8-13/h2-5,13H,6-11H2,1H3,(H,18,19). The highest BCUT2D eigenvalue weighted by Crippen LogP contribution is 2.19. The molecule has 0 saturated carbocycles. The van der Waals surface area contributed by atoms with Crippen LogP contribution in [0.2, 0.25) is 0 Å². The van der Waals surface area contributed by atoms with Crippen molar-refractivity contribution in [1.29, 1.82) is 0 Å². The normalized spacial score (nSPS) is 16.7. The van der Waals surface area contributed by atoms with E-state index < -0.39 is 16.8 Å². The van der Waals surface area contributed by atoms with E-state index in [4.69, 9.17) is 9.84 Å². The van der Waals surface area contributed by atoms with E-state index in [0.29, 0.717) is 36.5 Å². The molecule has 0 aromatic heterocycles. The molecule has 0 spiro atoms. The van der Waals surface area contributed by atoms with Gasteiger partial charge in [-0.3, -0.25) is 13.8 Å². The molecular weight excluding hydrogens is 318 g/mol. The van der Waals surface area contributed by atoms with E-state index in [1.807, 2.05) is 0 Å². The van der Waals surface area contributed by atoms with Crippen LogP contribution in [0.3, 0.4) is 0 Å². The van der Waals surface area contributed by atoms with Crippen LogP contribution in [-0.2, 0) is 20.3 Å². The van der Waals surface area contributed by atoms with Crippen LogP contribution in [0.25, 0.3) is 0 Å². The molecule has 126 valence electrons. The maximum atomic E-state index is 12.8. The first-order valence-electron chi connectivity index (χ1n) is 7.53. The van der Waals surface area contributed by atoms with Gasteiger partial charge < -0.3 is 14.7 Å². The molecule has 1 saturated heterocycles. The molecule has 6 nitrogen and oxygen atoms in total. The summed E-state index contributed by atoms with van der Waals surface area (Å²) in [7, 11) is -1.09. The number of amides is 1. The van der Waals surface area contributed by atoms with E-state index in [1.165, 1.54) is 0 Å². The summed E-state index contributed by atoms with van der Waals surface area (Å²) < 4.78 is 16.7. The van der Waals surface area contributed by atoms with Crippen molar-refractivity contribution in [1.82, 2.24) is 4.90 Å². The predicted octanol–water partition coefficient (Wildman–Crippen LogP) is 1.52. The first-order valence-corrected chi connectivity index (χ1v) is 9.09. The summed E-state index contributed by atoms with van der Waals surface area (Å²) >= 11 is 0. The van der Waals surface area contributed by atoms with Crippen LogP contribution in [0.4, 0.5) is 0 Å². The van der Waals surface area contributed by atoms with E-state index in [9.17, 15) is 13.8 Å². The Hall–Kier alpha value is -1.73. The molecule has 1 heterocycles. The molecule has 1 aliphatic heterocycles. The van der Waals surface area contributed by atoms with Crippen molar-refractivity contribution in [3.8, 4) is 0 Å². The smallest absolute Gasteiger partial charge is 0.305 e. The number of benzene rings is 1. The van der Waals surface area contributed by atoms with Crippen molar-refractivity contribution in [3.05, 3.63) is 29.8 Å². The van der Waals surface area contributed by atoms with Gasteiger partial charge in [0.05, 0.1) is 6.42 Å². The highest BCUT2D eigenvalue weighted by Gasteiger charge is 2.27. The number of carbonyl (C=O) groups is 2. The molecule has 0 bridgehead atoms. The molecule has 1 unspecified atom stereocenters. The third kappa shape index (κ3) is 4.87. The molecule has 1 aromatic carbocycles. The molecular formula is C16H21NO5S. The van der Waals surface area contributed by atoms with Crippen LogP contribution in [-0.4, -0.2) is 58.1 Å². The fraction of sp³-hybridized carbons (Fsp3) is 0.500. The average molecular weight is 339 g/mol. The van der Waals surface area contributed by atoms with Gasteiger partial charge in [-0.1, -0.05) is 0 Å². The van der Waals surface area contributed by atoms with Gasteiger partial charge in [0.2, 0.25) is 0 Å². The molecule has 1 aromatic rings. The molecule has 7 heteroatoms. The number of ether oxygens (including phenoxy) is 1. The number of carbonyl (C=O) groups excluding carboxylic acids is 1. The van der Waals surface area contributed by atoms with Crippen molar-refractivity contribution < 1.29 is 23.6 Å². The number of nitrogens with zero attached hydrogens (tertiary/aromatic N) is 1. The molecule has 0 aliphatic carbocycles. The van der Waals surface area contributed by atoms with Gasteiger partial charge in [-0.15, -0.1) is 0 Å². The van der Waals surface area contributed by atoms with Crippen molar-refractivity contribution in [2.24, 2.45) is 0 Å². The van der Waals surface area contributed by atoms with Crippen LogP contribution in [0, 0.1) is 0 Å². The van der Waals surface area contributed by atoms with Gasteiger partial charge in [-0.05, 0) is 37.1 Å². The van der Waals surface area contributed by atoms with Gasteiger partial charge in [0.1, 0.15) is 0 Å². The highest BCUT2D eigenvalue weighted by atomic mass is 32.2. The van der Waals surface area contributed by atoms with Crippen molar-refractivity contribution in [3.63, 3.8) is 0 Å². The minimum atomic E-state index is -1.09. The van der Waals surface area contributed by atoms with Crippen molar-refractivity contribution in [2.45, 2.75) is 30.2 Å². The number of carboxylic acids is 1. The van der Waals surface area contributed by atoms with Gasteiger partial charge in [0.15, 0.2) is 0 Å². The molecule has 1 atom stereocenters. The molecule has 0 radical (unpaired) electrons. The van der Waals surface area contributed by atoms with Crippen LogP contribution < -0.4 is 0 Å². The van der Waals surface area contributed by atoms with Crippen LogP contribution in [0.1, 0.15) is 29.6 Å². The van der Waals surface area contributed by atoms with E-state index in [0.717, 1.165) is 0 Å². The third-order valence-electron chi connectivity index (χ3n) is 3.89. The number of rotatable bonds is 6. The summed E-state index contributed by atoms with van der Waals surface area (Å²) in [5.74, 6) is -1.11. The Morgan fingerprint density at radius 3 is 2.39 bits per heavy atom. The zero-order chi connectivity index (χ0) is 16.8. The number of aliphatic carboxylic acids is 1. The summed E-state index contributed by atoms with van der Waals surface area (Å²) in [6.07, 6.45) is 2.92. The summed E-state index contributed by atoms with van der Waals surface area (Å²) in [4.78, 5) is 25.9. The summed E-state index contributed by atoms with van der Waals surface area (Å²) in [6.45, 7) is 1.34. The molecule has 1 amide bonds. The molecule has 1 N–H and O–H groups in total. The largest absolute Gasteiger partial charge is 0.481 e. The molecule has 2 rings (SSSR count). The minimum Gasteiger partial charge on any atom is -0.481 e. The van der Waals surface area contributed by atoms with Crippen molar-refractivity contribution >= 4 is 22.7 Å². The zero-order valence-electron chi connectivity index (χ0n) is 13.1. The Balaban J connectivity index is 2.16. The van der Waals surface area contributed by atoms with Crippen LogP contribution in [0.5, 0.6) is 0 Å². The minimum absolute atomic E-state index is 0.00409. The van der Waals surface area contributed by atoms with Gasteiger partial charge in [-0.2, -0.15) is 0 Å². The monoisotopic (exact) mass is 339 g/mol. The number of hydrogen-bond donors (Lipinski definition) is 1. The molecule has 1 fully saturated rings. The summed E-state index contributed by atoms with van der Waals surface area (Å²) in [6, 6.07) is 6.62. The lowest BCUT2D eigenvalue weighted by molar-refractivity contribution is -0.137. The first-order chi connectivity index (χ1) is 11.0. The topological polar surface area (TPSA) is 83.9 Å². The SMILES string of the molecule is CS(=O)c1ccc(C(=O)N(CCC(=O)O)C2CCOCC2)cc1. The maximum absolute atomic E-state index is 12.8.